The molecule has 2 aliphatic heterocycles. The zero-order valence-electron chi connectivity index (χ0n) is 14.1. The van der Waals surface area contributed by atoms with Crippen LogP contribution in [0.3, 0.4) is 0 Å². The number of likely N-dealkylation sites (tertiary alicyclic amines) is 1. The molecule has 2 heterocycles. The molecular weight excluding hydrogens is 318 g/mol. The Morgan fingerprint density at radius 1 is 1.12 bits per heavy atom. The summed E-state index contributed by atoms with van der Waals surface area (Å²) >= 11 is 0. The third-order valence-corrected chi connectivity index (χ3v) is 5.88. The molecule has 4 atom stereocenters. The first-order valence-electron chi connectivity index (χ1n) is 9.09. The van der Waals surface area contributed by atoms with Gasteiger partial charge >= 0.3 is 6.03 Å². The maximum atomic E-state index is 12.9. The van der Waals surface area contributed by atoms with Gasteiger partial charge in [0.1, 0.15) is 6.04 Å². The summed E-state index contributed by atoms with van der Waals surface area (Å²) in [4.78, 5) is 37.9. The molecule has 0 aromatic heterocycles. The second-order valence-electron chi connectivity index (χ2n) is 7.30. The summed E-state index contributed by atoms with van der Waals surface area (Å²) in [5, 5.41) is 4.72. The number of amides is 4. The van der Waals surface area contributed by atoms with E-state index < -0.39 is 18.0 Å². The summed E-state index contributed by atoms with van der Waals surface area (Å²) in [7, 11) is 0. The maximum absolute atomic E-state index is 12.9. The van der Waals surface area contributed by atoms with Gasteiger partial charge in [0, 0.05) is 18.5 Å². The predicted octanol–water partition coefficient (Wildman–Crippen LogP) is 1.77. The molecule has 2 saturated heterocycles. The summed E-state index contributed by atoms with van der Waals surface area (Å²) in [5.41, 5.74) is 1.29. The molecule has 3 unspecified atom stereocenters. The van der Waals surface area contributed by atoms with Crippen molar-refractivity contribution in [3.05, 3.63) is 35.9 Å². The van der Waals surface area contributed by atoms with Crippen molar-refractivity contribution in [2.45, 2.75) is 50.1 Å². The van der Waals surface area contributed by atoms with Crippen LogP contribution in [-0.2, 0) is 9.59 Å². The fraction of sp³-hybridized carbons (Fsp3) is 0.526. The van der Waals surface area contributed by atoms with Crippen molar-refractivity contribution in [1.82, 2.24) is 15.5 Å². The first-order valence-corrected chi connectivity index (χ1v) is 9.09. The van der Waals surface area contributed by atoms with Crippen LogP contribution in [0.2, 0.25) is 0 Å². The van der Waals surface area contributed by atoms with Crippen molar-refractivity contribution in [2.75, 3.05) is 6.54 Å². The number of carbonyl (C=O) groups excluding carboxylic acids is 3. The zero-order chi connectivity index (χ0) is 17.4. The normalized spacial score (nSPS) is 31.4. The molecule has 6 heteroatoms. The first-order chi connectivity index (χ1) is 12.1. The molecule has 0 bridgehead atoms. The Kier molecular flexibility index (Phi) is 4.19. The highest BCUT2D eigenvalue weighted by Gasteiger charge is 2.46. The summed E-state index contributed by atoms with van der Waals surface area (Å²) in [6.07, 6.45) is 4.58. The molecule has 0 radical (unpaired) electrons. The third-order valence-electron chi connectivity index (χ3n) is 5.88. The van der Waals surface area contributed by atoms with Crippen LogP contribution in [-0.4, -0.2) is 41.4 Å². The predicted molar refractivity (Wildman–Crippen MR) is 91.7 cm³/mol. The van der Waals surface area contributed by atoms with Gasteiger partial charge in [-0.1, -0.05) is 43.2 Å². The number of hydrogen-bond acceptors (Lipinski definition) is 3. The number of nitrogens with one attached hydrogen (secondary N) is 2. The Hall–Kier alpha value is -2.37. The number of nitrogens with zero attached hydrogens (tertiary/aromatic N) is 1. The lowest BCUT2D eigenvalue weighted by atomic mass is 9.77. The Morgan fingerprint density at radius 3 is 2.60 bits per heavy atom. The van der Waals surface area contributed by atoms with E-state index in [0.29, 0.717) is 18.4 Å². The van der Waals surface area contributed by atoms with Crippen LogP contribution in [0.15, 0.2) is 30.3 Å². The highest BCUT2D eigenvalue weighted by atomic mass is 16.2. The lowest BCUT2D eigenvalue weighted by Gasteiger charge is -2.32. The van der Waals surface area contributed by atoms with Gasteiger partial charge in [-0.3, -0.25) is 14.9 Å². The van der Waals surface area contributed by atoms with E-state index in [0.717, 1.165) is 19.3 Å². The third kappa shape index (κ3) is 3.01. The van der Waals surface area contributed by atoms with Crippen LogP contribution in [0.5, 0.6) is 0 Å². The molecule has 4 rings (SSSR count). The van der Waals surface area contributed by atoms with Crippen molar-refractivity contribution in [3.8, 4) is 0 Å². The minimum absolute atomic E-state index is 0.0299. The van der Waals surface area contributed by atoms with E-state index in [4.69, 9.17) is 0 Å². The lowest BCUT2D eigenvalue weighted by Crippen LogP contribution is -2.43. The Balaban J connectivity index is 1.52. The number of hydrogen-bond donors (Lipinski definition) is 2. The van der Waals surface area contributed by atoms with Gasteiger partial charge < -0.3 is 10.2 Å². The summed E-state index contributed by atoms with van der Waals surface area (Å²) in [5.74, 6) is 0.421. The molecule has 3 aliphatic rings. The van der Waals surface area contributed by atoms with E-state index in [9.17, 15) is 14.4 Å². The number of urea groups is 1. The van der Waals surface area contributed by atoms with Gasteiger partial charge in [0.05, 0.1) is 6.42 Å². The van der Waals surface area contributed by atoms with Gasteiger partial charge in [0.15, 0.2) is 0 Å². The average molecular weight is 341 g/mol. The zero-order valence-corrected chi connectivity index (χ0v) is 14.1. The van der Waals surface area contributed by atoms with E-state index >= 15 is 0 Å². The average Bonchev–Trinajstić information content (AvgIpc) is 3.16. The van der Waals surface area contributed by atoms with Crippen LogP contribution < -0.4 is 10.6 Å². The Labute approximate surface area is 147 Å². The van der Waals surface area contributed by atoms with E-state index in [1.165, 1.54) is 12.0 Å². The fourth-order valence-corrected chi connectivity index (χ4v) is 4.71. The summed E-state index contributed by atoms with van der Waals surface area (Å²) in [6, 6.07) is 9.42. The molecule has 1 saturated carbocycles. The highest BCUT2D eigenvalue weighted by Crippen LogP contribution is 2.45. The number of carbonyl (C=O) groups is 3. The smallest absolute Gasteiger partial charge is 0.322 e. The van der Waals surface area contributed by atoms with Crippen molar-refractivity contribution in [1.29, 1.82) is 0 Å². The van der Waals surface area contributed by atoms with Crippen molar-refractivity contribution >= 4 is 17.8 Å². The monoisotopic (exact) mass is 341 g/mol. The van der Waals surface area contributed by atoms with Crippen molar-refractivity contribution in [2.24, 2.45) is 5.92 Å². The topological polar surface area (TPSA) is 78.5 Å². The molecule has 6 nitrogen and oxygen atoms in total. The van der Waals surface area contributed by atoms with Gasteiger partial charge in [-0.05, 0) is 24.3 Å². The van der Waals surface area contributed by atoms with Crippen LogP contribution >= 0.6 is 0 Å². The van der Waals surface area contributed by atoms with Gasteiger partial charge in [-0.25, -0.2) is 4.79 Å². The molecule has 2 N–H and O–H groups in total. The summed E-state index contributed by atoms with van der Waals surface area (Å²) < 4.78 is 0. The standard InChI is InChI=1S/C19H23N3O3/c23-17(10-15-18(24)21-19(25)20-15)22-11-14(12-6-2-1-3-7-12)13-8-4-5-9-16(13)22/h1-3,6-7,13-16H,4-5,8-11H2,(H2,20,21,24,25)/t13?,14?,15-,16?/m0/s1. The summed E-state index contributed by atoms with van der Waals surface area (Å²) in [6.45, 7) is 0.709. The van der Waals surface area contributed by atoms with Gasteiger partial charge in [-0.2, -0.15) is 0 Å². The fourth-order valence-electron chi connectivity index (χ4n) is 4.71. The van der Waals surface area contributed by atoms with Crippen LogP contribution in [0.1, 0.15) is 43.6 Å². The van der Waals surface area contributed by atoms with Gasteiger partial charge in [0.2, 0.25) is 5.91 Å². The van der Waals surface area contributed by atoms with Crippen LogP contribution in [0.25, 0.3) is 0 Å². The molecular formula is C19H23N3O3. The van der Waals surface area contributed by atoms with Crippen LogP contribution in [0.4, 0.5) is 4.79 Å². The minimum atomic E-state index is -0.738. The molecule has 1 aliphatic carbocycles. The molecule has 1 aromatic rings. The molecule has 1 aromatic carbocycles. The Bertz CT molecular complexity index is 690. The van der Waals surface area contributed by atoms with E-state index in [1.807, 2.05) is 11.0 Å². The van der Waals surface area contributed by atoms with Gasteiger partial charge in [0.25, 0.3) is 5.91 Å². The number of benzene rings is 1. The van der Waals surface area contributed by atoms with Crippen molar-refractivity contribution < 1.29 is 14.4 Å². The van der Waals surface area contributed by atoms with E-state index in [1.54, 1.807) is 0 Å². The lowest BCUT2D eigenvalue weighted by molar-refractivity contribution is -0.135. The quantitative estimate of drug-likeness (QED) is 0.823. The molecule has 25 heavy (non-hydrogen) atoms. The van der Waals surface area contributed by atoms with Crippen LogP contribution in [0, 0.1) is 5.92 Å². The Morgan fingerprint density at radius 2 is 1.88 bits per heavy atom. The molecule has 3 fully saturated rings. The number of imide groups is 1. The highest BCUT2D eigenvalue weighted by molar-refractivity contribution is 6.05. The molecule has 132 valence electrons. The SMILES string of the molecule is O=C1NC(=O)[C@H](CC(=O)N2CC(c3ccccc3)C3CCCCC32)N1. The van der Waals surface area contributed by atoms with E-state index in [2.05, 4.69) is 34.9 Å². The maximum Gasteiger partial charge on any atom is 0.322 e. The second kappa shape index (κ2) is 6.50. The largest absolute Gasteiger partial charge is 0.339 e. The van der Waals surface area contributed by atoms with Gasteiger partial charge in [-0.15, -0.1) is 0 Å². The van der Waals surface area contributed by atoms with E-state index in [-0.39, 0.29) is 18.4 Å². The number of rotatable bonds is 3. The first kappa shape index (κ1) is 16.1. The minimum Gasteiger partial charge on any atom is -0.339 e. The van der Waals surface area contributed by atoms with Crippen molar-refractivity contribution in [3.63, 3.8) is 0 Å². The number of fused-ring (bicyclic) bond motifs is 1. The molecule has 4 amide bonds. The molecule has 0 spiro atoms. The second-order valence-corrected chi connectivity index (χ2v) is 7.30.